The van der Waals surface area contributed by atoms with Crippen LogP contribution in [0.1, 0.15) is 31.7 Å². The Morgan fingerprint density at radius 2 is 2.33 bits per heavy atom. The lowest BCUT2D eigenvalue weighted by atomic mass is 10.2. The minimum absolute atomic E-state index is 0.244. The highest BCUT2D eigenvalue weighted by Crippen LogP contribution is 2.04. The summed E-state index contributed by atoms with van der Waals surface area (Å²) in [6.07, 6.45) is 4.95. The molecule has 1 aromatic rings. The van der Waals surface area contributed by atoms with Gasteiger partial charge in [-0.15, -0.1) is 0 Å². The summed E-state index contributed by atoms with van der Waals surface area (Å²) in [7, 11) is 0. The lowest BCUT2D eigenvalue weighted by molar-refractivity contribution is 0.131. The van der Waals surface area contributed by atoms with Gasteiger partial charge in [-0.05, 0) is 30.5 Å². The van der Waals surface area contributed by atoms with Crippen molar-refractivity contribution < 1.29 is 9.23 Å². The van der Waals surface area contributed by atoms with Gasteiger partial charge in [-0.3, -0.25) is 0 Å². The molecule has 0 saturated carbocycles. The molecule has 0 aromatic heterocycles. The second kappa shape index (κ2) is 6.98. The van der Waals surface area contributed by atoms with E-state index in [-0.39, 0.29) is 5.82 Å². The van der Waals surface area contributed by atoms with Gasteiger partial charge in [0.1, 0.15) is 12.4 Å². The highest BCUT2D eigenvalue weighted by Gasteiger charge is 1.94. The molecule has 82 valence electrons. The molecule has 0 bridgehead atoms. The van der Waals surface area contributed by atoms with Crippen LogP contribution in [-0.2, 0) is 11.4 Å². The molecule has 0 aliphatic heterocycles. The minimum atomic E-state index is -0.244. The number of oxime groups is 1. The lowest BCUT2D eigenvalue weighted by Gasteiger charge is -1.99. The number of benzene rings is 1. The molecule has 1 aromatic carbocycles. The average Bonchev–Trinajstić information content (AvgIpc) is 2.23. The molecule has 0 heterocycles. The third kappa shape index (κ3) is 5.15. The zero-order valence-corrected chi connectivity index (χ0v) is 8.95. The summed E-state index contributed by atoms with van der Waals surface area (Å²) >= 11 is 0. The summed E-state index contributed by atoms with van der Waals surface area (Å²) < 4.78 is 12.7. The maximum atomic E-state index is 12.7. The second-order valence-corrected chi connectivity index (χ2v) is 3.33. The molecule has 3 heteroatoms. The third-order valence-corrected chi connectivity index (χ3v) is 1.96. The smallest absolute Gasteiger partial charge is 0.142 e. The summed E-state index contributed by atoms with van der Waals surface area (Å²) in [4.78, 5) is 5.02. The first kappa shape index (κ1) is 11.7. The van der Waals surface area contributed by atoms with E-state index >= 15 is 0 Å². The molecule has 0 saturated heterocycles. The van der Waals surface area contributed by atoms with Crippen LogP contribution in [0.15, 0.2) is 29.4 Å². The molecular weight excluding hydrogens is 193 g/mol. The summed E-state index contributed by atoms with van der Waals surface area (Å²) in [5.74, 6) is -0.244. The first-order chi connectivity index (χ1) is 7.33. The van der Waals surface area contributed by atoms with Crippen LogP contribution in [0, 0.1) is 5.82 Å². The van der Waals surface area contributed by atoms with Crippen LogP contribution >= 0.6 is 0 Å². The number of unbranched alkanes of at least 4 members (excludes halogenated alkanes) is 2. The molecule has 0 aliphatic carbocycles. The predicted octanol–water partition coefficient (Wildman–Crippen LogP) is 3.52. The van der Waals surface area contributed by atoms with Gasteiger partial charge in [0, 0.05) is 6.21 Å². The number of rotatable bonds is 6. The fraction of sp³-hybridized carbons (Fsp3) is 0.417. The zero-order valence-electron chi connectivity index (χ0n) is 8.95. The van der Waals surface area contributed by atoms with E-state index in [0.29, 0.717) is 6.61 Å². The molecule has 0 N–H and O–H groups in total. The van der Waals surface area contributed by atoms with E-state index in [1.165, 1.54) is 12.1 Å². The van der Waals surface area contributed by atoms with Crippen molar-refractivity contribution in [2.75, 3.05) is 0 Å². The van der Waals surface area contributed by atoms with Gasteiger partial charge < -0.3 is 4.84 Å². The van der Waals surface area contributed by atoms with E-state index in [9.17, 15) is 4.39 Å². The Morgan fingerprint density at radius 1 is 1.47 bits per heavy atom. The molecule has 0 radical (unpaired) electrons. The van der Waals surface area contributed by atoms with Crippen LogP contribution in [0.5, 0.6) is 0 Å². The first-order valence-electron chi connectivity index (χ1n) is 5.21. The van der Waals surface area contributed by atoms with E-state index < -0.39 is 0 Å². The maximum Gasteiger partial charge on any atom is 0.142 e. The van der Waals surface area contributed by atoms with Crippen molar-refractivity contribution in [2.45, 2.75) is 32.8 Å². The second-order valence-electron chi connectivity index (χ2n) is 3.33. The Balaban J connectivity index is 2.22. The van der Waals surface area contributed by atoms with Crippen LogP contribution in [0.4, 0.5) is 4.39 Å². The van der Waals surface area contributed by atoms with Gasteiger partial charge in [0.2, 0.25) is 0 Å². The van der Waals surface area contributed by atoms with Crippen molar-refractivity contribution in [2.24, 2.45) is 5.16 Å². The van der Waals surface area contributed by atoms with Crippen molar-refractivity contribution in [3.05, 3.63) is 35.6 Å². The summed E-state index contributed by atoms with van der Waals surface area (Å²) in [5.41, 5.74) is 0.794. The molecule has 0 unspecified atom stereocenters. The monoisotopic (exact) mass is 209 g/mol. The van der Waals surface area contributed by atoms with E-state index in [4.69, 9.17) is 4.84 Å². The van der Waals surface area contributed by atoms with Gasteiger partial charge in [-0.25, -0.2) is 4.39 Å². The average molecular weight is 209 g/mol. The Hall–Kier alpha value is -1.38. The molecule has 0 atom stereocenters. The van der Waals surface area contributed by atoms with Crippen molar-refractivity contribution in [3.8, 4) is 0 Å². The van der Waals surface area contributed by atoms with E-state index in [2.05, 4.69) is 12.1 Å². The molecule has 1 rings (SSSR count). The maximum absolute atomic E-state index is 12.7. The molecular formula is C12H16FNO. The molecule has 2 nitrogen and oxygen atoms in total. The van der Waals surface area contributed by atoms with Crippen LogP contribution < -0.4 is 0 Å². The topological polar surface area (TPSA) is 21.6 Å². The van der Waals surface area contributed by atoms with Crippen LogP contribution in [-0.4, -0.2) is 6.21 Å². The fourth-order valence-electron chi connectivity index (χ4n) is 1.14. The van der Waals surface area contributed by atoms with Crippen molar-refractivity contribution in [1.29, 1.82) is 0 Å². The number of nitrogens with zero attached hydrogens (tertiary/aromatic N) is 1. The van der Waals surface area contributed by atoms with Gasteiger partial charge in [0.25, 0.3) is 0 Å². The SMILES string of the molecule is CCCCC=NOCc1cccc(F)c1. The molecule has 0 amide bonds. The van der Waals surface area contributed by atoms with Crippen molar-refractivity contribution in [1.82, 2.24) is 0 Å². The summed E-state index contributed by atoms with van der Waals surface area (Å²) in [6.45, 7) is 2.45. The molecule has 0 spiro atoms. The summed E-state index contributed by atoms with van der Waals surface area (Å²) in [6, 6.07) is 6.33. The standard InChI is InChI=1S/C12H16FNO/c1-2-3-4-8-14-15-10-11-6-5-7-12(13)9-11/h5-9H,2-4,10H2,1H3. The predicted molar refractivity (Wildman–Crippen MR) is 59.2 cm³/mol. The van der Waals surface area contributed by atoms with Gasteiger partial charge in [-0.1, -0.05) is 30.6 Å². The molecule has 0 aliphatic rings. The quantitative estimate of drug-likeness (QED) is 0.399. The normalized spacial score (nSPS) is 10.8. The Kier molecular flexibility index (Phi) is 5.44. The van der Waals surface area contributed by atoms with Crippen LogP contribution in [0.25, 0.3) is 0 Å². The number of hydrogen-bond acceptors (Lipinski definition) is 2. The minimum Gasteiger partial charge on any atom is -0.391 e. The summed E-state index contributed by atoms with van der Waals surface area (Å²) in [5, 5.41) is 3.79. The lowest BCUT2D eigenvalue weighted by Crippen LogP contribution is -1.88. The van der Waals surface area contributed by atoms with Gasteiger partial charge >= 0.3 is 0 Å². The largest absolute Gasteiger partial charge is 0.391 e. The van der Waals surface area contributed by atoms with Crippen LogP contribution in [0.2, 0.25) is 0 Å². The molecule has 15 heavy (non-hydrogen) atoms. The van der Waals surface area contributed by atoms with E-state index in [1.54, 1.807) is 12.3 Å². The van der Waals surface area contributed by atoms with E-state index in [1.807, 2.05) is 6.07 Å². The van der Waals surface area contributed by atoms with Gasteiger partial charge in [-0.2, -0.15) is 0 Å². The third-order valence-electron chi connectivity index (χ3n) is 1.96. The van der Waals surface area contributed by atoms with Crippen LogP contribution in [0.3, 0.4) is 0 Å². The Labute approximate surface area is 89.7 Å². The van der Waals surface area contributed by atoms with E-state index in [0.717, 1.165) is 24.8 Å². The Bertz CT molecular complexity index is 312. The number of hydrogen-bond donors (Lipinski definition) is 0. The van der Waals surface area contributed by atoms with Gasteiger partial charge in [0.15, 0.2) is 0 Å². The zero-order chi connectivity index (χ0) is 10.9. The van der Waals surface area contributed by atoms with Crippen molar-refractivity contribution >= 4 is 6.21 Å². The number of halogens is 1. The Morgan fingerprint density at radius 3 is 3.07 bits per heavy atom. The fourth-order valence-corrected chi connectivity index (χ4v) is 1.14. The highest BCUT2D eigenvalue weighted by atomic mass is 19.1. The van der Waals surface area contributed by atoms with Crippen molar-refractivity contribution in [3.63, 3.8) is 0 Å². The van der Waals surface area contributed by atoms with Gasteiger partial charge in [0.05, 0.1) is 0 Å². The molecule has 0 fully saturated rings. The highest BCUT2D eigenvalue weighted by molar-refractivity contribution is 5.56. The first-order valence-corrected chi connectivity index (χ1v) is 5.21.